The summed E-state index contributed by atoms with van der Waals surface area (Å²) in [6, 6.07) is 11.7. The molecule has 0 amide bonds. The molecule has 3 heterocycles. The number of hydrogen-bond acceptors (Lipinski definition) is 4. The number of nitrogens with one attached hydrogen (secondary N) is 2. The highest BCUT2D eigenvalue weighted by Gasteiger charge is 2.40. The predicted octanol–water partition coefficient (Wildman–Crippen LogP) is 3.81. The number of hydrogen-bond donors (Lipinski definition) is 2. The zero-order valence-electron chi connectivity index (χ0n) is 15.3. The van der Waals surface area contributed by atoms with Crippen LogP contribution < -0.4 is 5.32 Å². The lowest BCUT2D eigenvalue weighted by atomic mass is 9.83. The van der Waals surface area contributed by atoms with E-state index >= 15 is 0 Å². The standard InChI is InChI=1S/C21H21ClN2O3S/c22-14-3-1-4-15(11-14)28(25,26)16-5-6-17-18-7-9-23-21(8-2-10-27-13-21)20(18)24-19(17)12-16/h1,3-6,11-12,23-24H,2,7-10,13H2. The van der Waals surface area contributed by atoms with Gasteiger partial charge in [0.2, 0.25) is 9.84 Å². The van der Waals surface area contributed by atoms with Crippen molar-refractivity contribution in [2.75, 3.05) is 19.8 Å². The maximum Gasteiger partial charge on any atom is 0.206 e. The van der Waals surface area contributed by atoms with Crippen molar-refractivity contribution in [3.8, 4) is 0 Å². The van der Waals surface area contributed by atoms with Gasteiger partial charge in [-0.15, -0.1) is 0 Å². The summed E-state index contributed by atoms with van der Waals surface area (Å²) in [6.07, 6.45) is 2.94. The summed E-state index contributed by atoms with van der Waals surface area (Å²) in [4.78, 5) is 3.99. The van der Waals surface area contributed by atoms with Gasteiger partial charge in [-0.25, -0.2) is 8.42 Å². The quantitative estimate of drug-likeness (QED) is 0.666. The van der Waals surface area contributed by atoms with E-state index in [2.05, 4.69) is 10.3 Å². The van der Waals surface area contributed by atoms with Gasteiger partial charge in [-0.1, -0.05) is 23.7 Å². The van der Waals surface area contributed by atoms with Crippen molar-refractivity contribution in [2.24, 2.45) is 0 Å². The molecule has 5 rings (SSSR count). The molecule has 2 aliphatic rings. The summed E-state index contributed by atoms with van der Waals surface area (Å²) in [5, 5.41) is 5.13. The molecule has 2 aromatic carbocycles. The Labute approximate surface area is 169 Å². The molecule has 1 aromatic heterocycles. The van der Waals surface area contributed by atoms with E-state index < -0.39 is 9.84 Å². The summed E-state index contributed by atoms with van der Waals surface area (Å²) in [5.41, 5.74) is 3.06. The number of benzene rings is 2. The number of halogens is 1. The number of aromatic nitrogens is 1. The van der Waals surface area contributed by atoms with Crippen LogP contribution in [0, 0.1) is 0 Å². The highest BCUT2D eigenvalue weighted by Crippen LogP contribution is 2.39. The molecule has 1 unspecified atom stereocenters. The van der Waals surface area contributed by atoms with E-state index in [-0.39, 0.29) is 15.3 Å². The van der Waals surface area contributed by atoms with Crippen LogP contribution in [0.2, 0.25) is 5.02 Å². The summed E-state index contributed by atoms with van der Waals surface area (Å²) >= 11 is 6.00. The third kappa shape index (κ3) is 2.78. The molecule has 7 heteroatoms. The molecular weight excluding hydrogens is 396 g/mol. The number of ether oxygens (including phenoxy) is 1. The van der Waals surface area contributed by atoms with Crippen molar-refractivity contribution in [2.45, 2.75) is 34.6 Å². The molecule has 0 radical (unpaired) electrons. The van der Waals surface area contributed by atoms with Crippen LogP contribution in [0.25, 0.3) is 10.9 Å². The van der Waals surface area contributed by atoms with E-state index in [1.54, 1.807) is 30.3 Å². The van der Waals surface area contributed by atoms with E-state index in [0.29, 0.717) is 11.6 Å². The van der Waals surface area contributed by atoms with Gasteiger partial charge >= 0.3 is 0 Å². The predicted molar refractivity (Wildman–Crippen MR) is 109 cm³/mol. The topological polar surface area (TPSA) is 71.2 Å². The minimum absolute atomic E-state index is 0.198. The molecule has 5 nitrogen and oxygen atoms in total. The Morgan fingerprint density at radius 3 is 2.75 bits per heavy atom. The molecular formula is C21H21ClN2O3S. The van der Waals surface area contributed by atoms with Gasteiger partial charge in [0.25, 0.3) is 0 Å². The first-order chi connectivity index (χ1) is 13.5. The molecule has 1 fully saturated rings. The first kappa shape index (κ1) is 18.2. The van der Waals surface area contributed by atoms with Crippen LogP contribution in [-0.4, -0.2) is 33.2 Å². The van der Waals surface area contributed by atoms with E-state index in [0.717, 1.165) is 49.0 Å². The van der Waals surface area contributed by atoms with E-state index in [1.807, 2.05) is 6.07 Å². The fourth-order valence-corrected chi connectivity index (χ4v) is 6.07. The molecule has 3 aromatic rings. The summed E-state index contributed by atoms with van der Waals surface area (Å²) in [5.74, 6) is 0. The number of aromatic amines is 1. The lowest BCUT2D eigenvalue weighted by Crippen LogP contribution is -2.52. The minimum Gasteiger partial charge on any atom is -0.379 e. The average molecular weight is 417 g/mol. The highest BCUT2D eigenvalue weighted by atomic mass is 35.5. The van der Waals surface area contributed by atoms with Crippen molar-refractivity contribution in [3.05, 3.63) is 58.7 Å². The Bertz CT molecular complexity index is 1160. The number of rotatable bonds is 2. The highest BCUT2D eigenvalue weighted by molar-refractivity contribution is 7.91. The molecule has 146 valence electrons. The molecule has 0 aliphatic carbocycles. The van der Waals surface area contributed by atoms with Crippen LogP contribution in [0.1, 0.15) is 24.1 Å². The van der Waals surface area contributed by atoms with Crippen molar-refractivity contribution in [1.82, 2.24) is 10.3 Å². The van der Waals surface area contributed by atoms with Crippen molar-refractivity contribution >= 4 is 32.3 Å². The van der Waals surface area contributed by atoms with Gasteiger partial charge in [-0.05, 0) is 55.2 Å². The Morgan fingerprint density at radius 1 is 1.11 bits per heavy atom. The van der Waals surface area contributed by atoms with Gasteiger partial charge < -0.3 is 15.0 Å². The molecule has 1 spiro atoms. The van der Waals surface area contributed by atoms with E-state index in [9.17, 15) is 8.42 Å². The second kappa shape index (κ2) is 6.59. The van der Waals surface area contributed by atoms with Gasteiger partial charge in [0.15, 0.2) is 0 Å². The molecule has 28 heavy (non-hydrogen) atoms. The van der Waals surface area contributed by atoms with Crippen molar-refractivity contribution < 1.29 is 13.2 Å². The number of fused-ring (bicyclic) bond motifs is 4. The second-order valence-electron chi connectivity index (χ2n) is 7.56. The van der Waals surface area contributed by atoms with Crippen LogP contribution in [0.15, 0.2) is 52.3 Å². The van der Waals surface area contributed by atoms with Crippen LogP contribution in [0.3, 0.4) is 0 Å². The van der Waals surface area contributed by atoms with E-state index in [4.69, 9.17) is 16.3 Å². The summed E-state index contributed by atoms with van der Waals surface area (Å²) in [6.45, 7) is 2.33. The normalized spacial score (nSPS) is 22.5. The van der Waals surface area contributed by atoms with Crippen LogP contribution >= 0.6 is 11.6 Å². The molecule has 1 saturated heterocycles. The van der Waals surface area contributed by atoms with Crippen molar-refractivity contribution in [3.63, 3.8) is 0 Å². The van der Waals surface area contributed by atoms with Gasteiger partial charge in [-0.3, -0.25) is 0 Å². The summed E-state index contributed by atoms with van der Waals surface area (Å²) < 4.78 is 31.9. The first-order valence-corrected chi connectivity index (χ1v) is 11.3. The Balaban J connectivity index is 1.63. The van der Waals surface area contributed by atoms with Crippen LogP contribution in [0.5, 0.6) is 0 Å². The molecule has 2 aliphatic heterocycles. The molecule has 1 atom stereocenters. The first-order valence-electron chi connectivity index (χ1n) is 9.48. The zero-order chi connectivity index (χ0) is 19.4. The summed E-state index contributed by atoms with van der Waals surface area (Å²) in [7, 11) is -3.63. The maximum atomic E-state index is 13.1. The van der Waals surface area contributed by atoms with Gasteiger partial charge in [0.1, 0.15) is 0 Å². The number of sulfone groups is 1. The smallest absolute Gasteiger partial charge is 0.206 e. The van der Waals surface area contributed by atoms with Gasteiger partial charge in [-0.2, -0.15) is 0 Å². The Hall–Kier alpha value is -1.86. The van der Waals surface area contributed by atoms with Crippen LogP contribution in [-0.2, 0) is 26.5 Å². The SMILES string of the molecule is O=S(=O)(c1cccc(Cl)c1)c1ccc2c3c([nH]c2c1)C1(CCCOC1)NCC3. The Morgan fingerprint density at radius 2 is 1.96 bits per heavy atom. The minimum atomic E-state index is -3.63. The lowest BCUT2D eigenvalue weighted by Gasteiger charge is -2.41. The third-order valence-electron chi connectivity index (χ3n) is 5.85. The van der Waals surface area contributed by atoms with Crippen LogP contribution in [0.4, 0.5) is 0 Å². The van der Waals surface area contributed by atoms with Gasteiger partial charge in [0.05, 0.1) is 21.9 Å². The second-order valence-corrected chi connectivity index (χ2v) is 9.95. The molecule has 2 N–H and O–H groups in total. The fraction of sp³-hybridized carbons (Fsp3) is 0.333. The van der Waals surface area contributed by atoms with Gasteiger partial charge in [0, 0.05) is 34.8 Å². The molecule has 0 saturated carbocycles. The fourth-order valence-electron chi connectivity index (χ4n) is 4.49. The zero-order valence-corrected chi connectivity index (χ0v) is 16.9. The number of H-pyrrole nitrogens is 1. The lowest BCUT2D eigenvalue weighted by molar-refractivity contribution is 0.0136. The molecule has 0 bridgehead atoms. The van der Waals surface area contributed by atoms with E-state index in [1.165, 1.54) is 11.6 Å². The van der Waals surface area contributed by atoms with Crippen molar-refractivity contribution in [1.29, 1.82) is 0 Å². The largest absolute Gasteiger partial charge is 0.379 e. The monoisotopic (exact) mass is 416 g/mol. The third-order valence-corrected chi connectivity index (χ3v) is 7.84. The Kier molecular flexibility index (Phi) is 4.28. The average Bonchev–Trinajstić information content (AvgIpc) is 3.08. The maximum absolute atomic E-state index is 13.1.